The molecule has 112 valence electrons. The van der Waals surface area contributed by atoms with Crippen molar-refractivity contribution in [1.29, 1.82) is 0 Å². The molecule has 0 radical (unpaired) electrons. The van der Waals surface area contributed by atoms with Gasteiger partial charge in [0.2, 0.25) is 12.7 Å². The molecule has 1 aromatic carbocycles. The number of amides is 3. The van der Waals surface area contributed by atoms with Gasteiger partial charge in [0.15, 0.2) is 11.5 Å². The number of hydrogen-bond acceptors (Lipinski definition) is 4. The Hall–Kier alpha value is -2.44. The van der Waals surface area contributed by atoms with Crippen LogP contribution in [0.1, 0.15) is 12.5 Å². The van der Waals surface area contributed by atoms with E-state index in [4.69, 9.17) is 9.47 Å². The smallest absolute Gasteiger partial charge is 0.315 e. The van der Waals surface area contributed by atoms with Gasteiger partial charge in [-0.2, -0.15) is 0 Å². The topological polar surface area (TPSA) is 79.9 Å². The van der Waals surface area contributed by atoms with Crippen molar-refractivity contribution in [2.24, 2.45) is 0 Å². The van der Waals surface area contributed by atoms with Crippen molar-refractivity contribution in [3.8, 4) is 11.5 Å². The molecule has 1 atom stereocenters. The molecule has 0 bridgehead atoms. The van der Waals surface area contributed by atoms with Crippen LogP contribution in [0, 0.1) is 0 Å². The molecule has 0 spiro atoms. The molecule has 3 amide bonds. The van der Waals surface area contributed by atoms with Crippen LogP contribution in [0.4, 0.5) is 4.79 Å². The predicted molar refractivity (Wildman–Crippen MR) is 74.0 cm³/mol. The van der Waals surface area contributed by atoms with Crippen LogP contribution in [0.5, 0.6) is 11.5 Å². The number of carbonyl (C=O) groups excluding carboxylic acids is 2. The van der Waals surface area contributed by atoms with E-state index in [1.807, 2.05) is 25.1 Å². The Kier molecular flexibility index (Phi) is 3.55. The molecular formula is C14H17N3O4. The second-order valence-corrected chi connectivity index (χ2v) is 4.91. The van der Waals surface area contributed by atoms with Gasteiger partial charge in [0.1, 0.15) is 6.04 Å². The zero-order valence-corrected chi connectivity index (χ0v) is 11.7. The number of para-hydroxylation sites is 1. The van der Waals surface area contributed by atoms with E-state index in [9.17, 15) is 9.59 Å². The Morgan fingerprint density at radius 2 is 2.29 bits per heavy atom. The molecule has 0 unspecified atom stereocenters. The van der Waals surface area contributed by atoms with Crippen LogP contribution >= 0.6 is 0 Å². The second kappa shape index (κ2) is 5.51. The quantitative estimate of drug-likeness (QED) is 0.844. The number of carbonyl (C=O) groups is 2. The van der Waals surface area contributed by atoms with Crippen LogP contribution in [-0.2, 0) is 11.3 Å². The lowest BCUT2D eigenvalue weighted by Gasteiger charge is -2.24. The van der Waals surface area contributed by atoms with Gasteiger partial charge in [-0.25, -0.2) is 4.79 Å². The van der Waals surface area contributed by atoms with E-state index in [1.54, 1.807) is 4.90 Å². The Balaban J connectivity index is 1.74. The molecule has 3 rings (SSSR count). The van der Waals surface area contributed by atoms with Crippen molar-refractivity contribution >= 4 is 11.9 Å². The van der Waals surface area contributed by atoms with Crippen LogP contribution in [0.15, 0.2) is 18.2 Å². The molecule has 21 heavy (non-hydrogen) atoms. The molecule has 7 nitrogen and oxygen atoms in total. The maximum Gasteiger partial charge on any atom is 0.315 e. The first-order chi connectivity index (χ1) is 10.2. The van der Waals surface area contributed by atoms with E-state index in [0.717, 1.165) is 5.56 Å². The third-order valence-corrected chi connectivity index (χ3v) is 3.60. The molecule has 0 aromatic heterocycles. The van der Waals surface area contributed by atoms with Crippen molar-refractivity contribution in [1.82, 2.24) is 15.5 Å². The predicted octanol–water partition coefficient (Wildman–Crippen LogP) is 0.445. The molecule has 2 heterocycles. The van der Waals surface area contributed by atoms with E-state index < -0.39 is 6.04 Å². The normalized spacial score (nSPS) is 19.1. The van der Waals surface area contributed by atoms with Gasteiger partial charge in [0, 0.05) is 25.2 Å². The Bertz CT molecular complexity index is 575. The number of nitrogens with one attached hydrogen (secondary N) is 2. The molecule has 2 N–H and O–H groups in total. The van der Waals surface area contributed by atoms with Crippen molar-refractivity contribution in [2.45, 2.75) is 19.5 Å². The monoisotopic (exact) mass is 291 g/mol. The lowest BCUT2D eigenvalue weighted by molar-refractivity contribution is -0.133. The van der Waals surface area contributed by atoms with Crippen molar-refractivity contribution in [3.63, 3.8) is 0 Å². The largest absolute Gasteiger partial charge is 0.454 e. The third-order valence-electron chi connectivity index (χ3n) is 3.60. The minimum absolute atomic E-state index is 0.104. The number of urea groups is 1. The Labute approximate surface area is 122 Å². The number of nitrogens with zero attached hydrogens (tertiary/aromatic N) is 1. The van der Waals surface area contributed by atoms with Gasteiger partial charge >= 0.3 is 6.03 Å². The molecule has 1 saturated heterocycles. The van der Waals surface area contributed by atoms with E-state index in [0.29, 0.717) is 31.1 Å². The maximum atomic E-state index is 12.4. The Morgan fingerprint density at radius 3 is 3.00 bits per heavy atom. The number of benzene rings is 1. The summed E-state index contributed by atoms with van der Waals surface area (Å²) in [5, 5.41) is 5.20. The second-order valence-electron chi connectivity index (χ2n) is 4.91. The molecule has 2 aliphatic heterocycles. The summed E-state index contributed by atoms with van der Waals surface area (Å²) in [5.41, 5.74) is 0.900. The van der Waals surface area contributed by atoms with Gasteiger partial charge in [0.25, 0.3) is 0 Å². The van der Waals surface area contributed by atoms with Gasteiger partial charge in [-0.3, -0.25) is 4.79 Å². The molecule has 7 heteroatoms. The average Bonchev–Trinajstić information content (AvgIpc) is 3.12. The molecule has 1 aromatic rings. The van der Waals surface area contributed by atoms with Gasteiger partial charge in [-0.1, -0.05) is 12.1 Å². The van der Waals surface area contributed by atoms with Crippen molar-refractivity contribution < 1.29 is 19.1 Å². The number of hydrogen-bond donors (Lipinski definition) is 2. The lowest BCUT2D eigenvalue weighted by atomic mass is 10.1. The SMILES string of the molecule is CCN(Cc1cccc2c1OCO2)C(=O)[C@@H]1CNC(=O)N1. The first kappa shape index (κ1) is 13.5. The summed E-state index contributed by atoms with van der Waals surface area (Å²) in [4.78, 5) is 25.3. The van der Waals surface area contributed by atoms with Gasteiger partial charge in [-0.05, 0) is 13.0 Å². The zero-order chi connectivity index (χ0) is 14.8. The van der Waals surface area contributed by atoms with Gasteiger partial charge in [0.05, 0.1) is 0 Å². The van der Waals surface area contributed by atoms with E-state index in [2.05, 4.69) is 10.6 Å². The third kappa shape index (κ3) is 2.58. The summed E-state index contributed by atoms with van der Waals surface area (Å²) < 4.78 is 10.8. The summed E-state index contributed by atoms with van der Waals surface area (Å²) in [7, 11) is 0. The summed E-state index contributed by atoms with van der Waals surface area (Å²) >= 11 is 0. The highest BCUT2D eigenvalue weighted by molar-refractivity contribution is 5.90. The minimum atomic E-state index is -0.508. The summed E-state index contributed by atoms with van der Waals surface area (Å²) in [6, 6.07) is 4.81. The van der Waals surface area contributed by atoms with Crippen LogP contribution in [0.25, 0.3) is 0 Å². The molecular weight excluding hydrogens is 274 g/mol. The lowest BCUT2D eigenvalue weighted by Crippen LogP contribution is -2.45. The standard InChI is InChI=1S/C14H17N3O4/c1-2-17(13(18)10-6-15-14(19)16-10)7-9-4-3-5-11-12(9)21-8-20-11/h3-5,10H,2,6-8H2,1H3,(H2,15,16,19)/t10-/m0/s1. The highest BCUT2D eigenvalue weighted by Gasteiger charge is 2.30. The summed E-state index contributed by atoms with van der Waals surface area (Å²) in [6.07, 6.45) is 0. The fraction of sp³-hybridized carbons (Fsp3) is 0.429. The molecule has 2 aliphatic rings. The Morgan fingerprint density at radius 1 is 1.43 bits per heavy atom. The van der Waals surface area contributed by atoms with Crippen LogP contribution < -0.4 is 20.1 Å². The maximum absolute atomic E-state index is 12.4. The number of likely N-dealkylation sites (N-methyl/N-ethyl adjacent to an activating group) is 1. The fourth-order valence-corrected chi connectivity index (χ4v) is 2.49. The molecule has 0 aliphatic carbocycles. The van der Waals surface area contributed by atoms with Crippen LogP contribution in [0.2, 0.25) is 0 Å². The highest BCUT2D eigenvalue weighted by atomic mass is 16.7. The average molecular weight is 291 g/mol. The van der Waals surface area contributed by atoms with Gasteiger partial charge in [-0.15, -0.1) is 0 Å². The van der Waals surface area contributed by atoms with Gasteiger partial charge < -0.3 is 25.0 Å². The van der Waals surface area contributed by atoms with Crippen LogP contribution in [0.3, 0.4) is 0 Å². The number of rotatable bonds is 4. The van der Waals surface area contributed by atoms with E-state index in [-0.39, 0.29) is 18.7 Å². The fourth-order valence-electron chi connectivity index (χ4n) is 2.49. The molecule has 1 fully saturated rings. The van der Waals surface area contributed by atoms with Crippen LogP contribution in [-0.4, -0.2) is 42.8 Å². The minimum Gasteiger partial charge on any atom is -0.454 e. The van der Waals surface area contributed by atoms with Crippen molar-refractivity contribution in [3.05, 3.63) is 23.8 Å². The summed E-state index contributed by atoms with van der Waals surface area (Å²) in [5.74, 6) is 1.29. The molecule has 0 saturated carbocycles. The first-order valence-electron chi connectivity index (χ1n) is 6.89. The van der Waals surface area contributed by atoms with Crippen molar-refractivity contribution in [2.75, 3.05) is 19.9 Å². The first-order valence-corrected chi connectivity index (χ1v) is 6.89. The summed E-state index contributed by atoms with van der Waals surface area (Å²) in [6.45, 7) is 3.41. The van der Waals surface area contributed by atoms with E-state index in [1.165, 1.54) is 0 Å². The highest BCUT2D eigenvalue weighted by Crippen LogP contribution is 2.35. The number of fused-ring (bicyclic) bond motifs is 1. The van der Waals surface area contributed by atoms with E-state index >= 15 is 0 Å². The zero-order valence-electron chi connectivity index (χ0n) is 11.7. The number of ether oxygens (including phenoxy) is 2.